The van der Waals surface area contributed by atoms with E-state index in [1.54, 1.807) is 31.4 Å². The molecule has 0 aliphatic rings. The van der Waals surface area contributed by atoms with Crippen molar-refractivity contribution >= 4 is 23.2 Å². The summed E-state index contributed by atoms with van der Waals surface area (Å²) in [5.41, 5.74) is 2.05. The summed E-state index contributed by atoms with van der Waals surface area (Å²) in [7, 11) is 1.67. The molecule has 0 spiro atoms. The number of halogens is 1. The van der Waals surface area contributed by atoms with Gasteiger partial charge in [0.15, 0.2) is 0 Å². The number of hydrogen-bond acceptors (Lipinski definition) is 3. The topological polar surface area (TPSA) is 54.7 Å². The number of aryl methyl sites for hydroxylation is 1. The SMILES string of the molecule is Cc1ccc2ncc(C(=O)N(C)C(C)c3ccc(Cl)cc3)c(=O)n2c1. The van der Waals surface area contributed by atoms with Crippen molar-refractivity contribution in [3.05, 3.63) is 80.9 Å². The highest BCUT2D eigenvalue weighted by atomic mass is 35.5. The predicted octanol–water partition coefficient (Wildman–Crippen LogP) is 3.49. The maximum atomic E-state index is 12.8. The molecule has 0 N–H and O–H groups in total. The van der Waals surface area contributed by atoms with Gasteiger partial charge in [-0.25, -0.2) is 4.98 Å². The first-order valence-corrected chi connectivity index (χ1v) is 8.27. The molecular weight excluding hydrogens is 338 g/mol. The minimum atomic E-state index is -0.367. The van der Waals surface area contributed by atoms with E-state index in [1.165, 1.54) is 15.5 Å². The average Bonchev–Trinajstić information content (AvgIpc) is 2.61. The van der Waals surface area contributed by atoms with Crippen LogP contribution < -0.4 is 5.56 Å². The molecule has 1 atom stereocenters. The van der Waals surface area contributed by atoms with Crippen LogP contribution in [0.3, 0.4) is 0 Å². The zero-order chi connectivity index (χ0) is 18.1. The highest BCUT2D eigenvalue weighted by Gasteiger charge is 2.22. The summed E-state index contributed by atoms with van der Waals surface area (Å²) in [4.78, 5) is 31.3. The van der Waals surface area contributed by atoms with Crippen molar-refractivity contribution in [2.24, 2.45) is 0 Å². The zero-order valence-electron chi connectivity index (χ0n) is 14.2. The van der Waals surface area contributed by atoms with Gasteiger partial charge < -0.3 is 4.90 Å². The number of aromatic nitrogens is 2. The van der Waals surface area contributed by atoms with E-state index in [0.717, 1.165) is 11.1 Å². The third-order valence-corrected chi connectivity index (χ3v) is 4.59. The molecule has 5 nitrogen and oxygen atoms in total. The second-order valence-corrected chi connectivity index (χ2v) is 6.49. The van der Waals surface area contributed by atoms with Crippen LogP contribution in [0.25, 0.3) is 5.65 Å². The van der Waals surface area contributed by atoms with Gasteiger partial charge in [-0.1, -0.05) is 29.8 Å². The first kappa shape index (κ1) is 17.2. The fourth-order valence-corrected chi connectivity index (χ4v) is 2.79. The molecule has 0 fully saturated rings. The number of benzene rings is 1. The minimum Gasteiger partial charge on any atom is -0.335 e. The standard InChI is InChI=1S/C19H18ClN3O2/c1-12-4-9-17-21-10-16(19(25)23(17)11-12)18(24)22(3)13(2)14-5-7-15(20)8-6-14/h4-11,13H,1-3H3. The van der Waals surface area contributed by atoms with Crippen molar-refractivity contribution in [3.63, 3.8) is 0 Å². The van der Waals surface area contributed by atoms with Gasteiger partial charge in [-0.3, -0.25) is 14.0 Å². The molecule has 1 amide bonds. The first-order valence-electron chi connectivity index (χ1n) is 7.89. The summed E-state index contributed by atoms with van der Waals surface area (Å²) in [6, 6.07) is 10.7. The number of fused-ring (bicyclic) bond motifs is 1. The van der Waals surface area contributed by atoms with Crippen molar-refractivity contribution in [2.45, 2.75) is 19.9 Å². The smallest absolute Gasteiger partial charge is 0.270 e. The molecule has 2 heterocycles. The molecule has 3 aromatic rings. The summed E-state index contributed by atoms with van der Waals surface area (Å²) in [5.74, 6) is -0.365. The molecule has 0 bridgehead atoms. The molecule has 1 unspecified atom stereocenters. The Labute approximate surface area is 150 Å². The number of rotatable bonds is 3. The van der Waals surface area contributed by atoms with Crippen LogP contribution in [0.5, 0.6) is 0 Å². The molecule has 0 saturated heterocycles. The molecule has 25 heavy (non-hydrogen) atoms. The largest absolute Gasteiger partial charge is 0.335 e. The molecule has 1 aromatic carbocycles. The lowest BCUT2D eigenvalue weighted by Crippen LogP contribution is -2.35. The lowest BCUT2D eigenvalue weighted by Gasteiger charge is -2.25. The van der Waals surface area contributed by atoms with Gasteiger partial charge in [-0.05, 0) is 43.2 Å². The van der Waals surface area contributed by atoms with Crippen molar-refractivity contribution in [1.29, 1.82) is 0 Å². The molecule has 3 rings (SSSR count). The Kier molecular flexibility index (Phi) is 4.59. The van der Waals surface area contributed by atoms with Gasteiger partial charge in [0.05, 0.1) is 6.04 Å². The number of hydrogen-bond donors (Lipinski definition) is 0. The second-order valence-electron chi connectivity index (χ2n) is 6.06. The molecule has 2 aromatic heterocycles. The molecule has 6 heteroatoms. The summed E-state index contributed by atoms with van der Waals surface area (Å²) in [6.07, 6.45) is 3.03. The number of carbonyl (C=O) groups excluding carboxylic acids is 1. The van der Waals surface area contributed by atoms with Gasteiger partial charge in [0.2, 0.25) is 0 Å². The molecule has 128 valence electrons. The van der Waals surface area contributed by atoms with E-state index in [4.69, 9.17) is 11.6 Å². The Hall–Kier alpha value is -2.66. The third kappa shape index (κ3) is 3.28. The van der Waals surface area contributed by atoms with E-state index in [-0.39, 0.29) is 23.1 Å². The monoisotopic (exact) mass is 355 g/mol. The van der Waals surface area contributed by atoms with Crippen LogP contribution >= 0.6 is 11.6 Å². The van der Waals surface area contributed by atoms with Gasteiger partial charge in [-0.2, -0.15) is 0 Å². The number of carbonyl (C=O) groups is 1. The molecule has 0 saturated carbocycles. The lowest BCUT2D eigenvalue weighted by atomic mass is 10.1. The van der Waals surface area contributed by atoms with Crippen molar-refractivity contribution in [2.75, 3.05) is 7.05 Å². The second kappa shape index (κ2) is 6.69. The van der Waals surface area contributed by atoms with Crippen LogP contribution in [0, 0.1) is 6.92 Å². The third-order valence-electron chi connectivity index (χ3n) is 4.33. The Morgan fingerprint density at radius 2 is 1.88 bits per heavy atom. The van der Waals surface area contributed by atoms with Crippen LogP contribution in [-0.4, -0.2) is 27.2 Å². The van der Waals surface area contributed by atoms with Crippen molar-refractivity contribution in [3.8, 4) is 0 Å². The van der Waals surface area contributed by atoms with Gasteiger partial charge in [0.1, 0.15) is 11.2 Å². The highest BCUT2D eigenvalue weighted by molar-refractivity contribution is 6.30. The van der Waals surface area contributed by atoms with Crippen molar-refractivity contribution in [1.82, 2.24) is 14.3 Å². The summed E-state index contributed by atoms with van der Waals surface area (Å²) in [6.45, 7) is 3.78. The van der Waals surface area contributed by atoms with E-state index < -0.39 is 0 Å². The fourth-order valence-electron chi connectivity index (χ4n) is 2.66. The Morgan fingerprint density at radius 3 is 2.56 bits per heavy atom. The number of pyridine rings is 1. The Balaban J connectivity index is 1.97. The van der Waals surface area contributed by atoms with E-state index >= 15 is 0 Å². The van der Waals surface area contributed by atoms with Gasteiger partial charge in [0, 0.05) is 24.5 Å². The summed E-state index contributed by atoms with van der Waals surface area (Å²) < 4.78 is 1.41. The van der Waals surface area contributed by atoms with Crippen LogP contribution in [0.4, 0.5) is 0 Å². The Bertz CT molecular complexity index is 996. The highest BCUT2D eigenvalue weighted by Crippen LogP contribution is 2.21. The Morgan fingerprint density at radius 1 is 1.20 bits per heavy atom. The van der Waals surface area contributed by atoms with Gasteiger partial charge in [-0.15, -0.1) is 0 Å². The first-order chi connectivity index (χ1) is 11.9. The van der Waals surface area contributed by atoms with E-state index in [1.807, 2.05) is 32.0 Å². The van der Waals surface area contributed by atoms with E-state index in [0.29, 0.717) is 10.7 Å². The quantitative estimate of drug-likeness (QED) is 0.722. The molecule has 0 radical (unpaired) electrons. The average molecular weight is 356 g/mol. The van der Waals surface area contributed by atoms with E-state index in [2.05, 4.69) is 4.98 Å². The van der Waals surface area contributed by atoms with Crippen LogP contribution in [0.2, 0.25) is 5.02 Å². The van der Waals surface area contributed by atoms with Crippen LogP contribution in [0.1, 0.15) is 34.5 Å². The van der Waals surface area contributed by atoms with E-state index in [9.17, 15) is 9.59 Å². The maximum Gasteiger partial charge on any atom is 0.270 e. The number of nitrogens with zero attached hydrogens (tertiary/aromatic N) is 3. The van der Waals surface area contributed by atoms with Gasteiger partial charge >= 0.3 is 0 Å². The zero-order valence-corrected chi connectivity index (χ0v) is 15.0. The molecule has 0 aliphatic carbocycles. The van der Waals surface area contributed by atoms with Crippen molar-refractivity contribution < 1.29 is 4.79 Å². The minimum absolute atomic E-state index is 0.0476. The summed E-state index contributed by atoms with van der Waals surface area (Å²) in [5, 5.41) is 0.636. The molecular formula is C19H18ClN3O2. The fraction of sp³-hybridized carbons (Fsp3) is 0.211. The summed E-state index contributed by atoms with van der Waals surface area (Å²) >= 11 is 5.91. The predicted molar refractivity (Wildman–Crippen MR) is 98.2 cm³/mol. The number of amides is 1. The normalized spacial score (nSPS) is 12.2. The van der Waals surface area contributed by atoms with Gasteiger partial charge in [0.25, 0.3) is 11.5 Å². The molecule has 0 aliphatic heterocycles. The van der Waals surface area contributed by atoms with Crippen LogP contribution in [0.15, 0.2) is 53.6 Å². The maximum absolute atomic E-state index is 12.8. The van der Waals surface area contributed by atoms with Crippen LogP contribution in [-0.2, 0) is 0 Å². The lowest BCUT2D eigenvalue weighted by molar-refractivity contribution is 0.0740.